The van der Waals surface area contributed by atoms with Crippen LogP contribution in [0.4, 0.5) is 0 Å². The molecule has 0 aliphatic heterocycles. The molecule has 1 heterocycles. The molecule has 2 aromatic carbocycles. The van der Waals surface area contributed by atoms with Crippen LogP contribution in [-0.2, 0) is 4.79 Å². The first-order valence-electron chi connectivity index (χ1n) is 6.25. The van der Waals surface area contributed by atoms with Gasteiger partial charge in [0.1, 0.15) is 0 Å². The number of fused-ring (bicyclic) bond motifs is 1. The van der Waals surface area contributed by atoms with Crippen molar-refractivity contribution in [1.29, 1.82) is 0 Å². The van der Waals surface area contributed by atoms with E-state index in [2.05, 4.69) is 4.98 Å². The van der Waals surface area contributed by atoms with Crippen LogP contribution in [-0.4, -0.2) is 20.6 Å². The van der Waals surface area contributed by atoms with E-state index in [9.17, 15) is 14.7 Å². The van der Waals surface area contributed by atoms with E-state index >= 15 is 0 Å². The lowest BCUT2D eigenvalue weighted by Gasteiger charge is -2.14. The Balaban J connectivity index is 2.28. The summed E-state index contributed by atoms with van der Waals surface area (Å²) in [6.45, 7) is 0. The Labute approximate surface area is 124 Å². The molecule has 1 unspecified atom stereocenters. The number of nitrogens with zero attached hydrogens (tertiary/aromatic N) is 1. The highest BCUT2D eigenvalue weighted by Gasteiger charge is 2.25. The normalized spacial score (nSPS) is 12.4. The molecule has 1 aromatic heterocycles. The van der Waals surface area contributed by atoms with Crippen molar-refractivity contribution in [1.82, 2.24) is 9.55 Å². The van der Waals surface area contributed by atoms with E-state index in [-0.39, 0.29) is 0 Å². The highest BCUT2D eigenvalue weighted by molar-refractivity contribution is 6.31. The molecule has 2 N–H and O–H groups in total. The molecule has 6 heteroatoms. The lowest BCUT2D eigenvalue weighted by molar-refractivity contribution is -0.139. The number of carbonyl (C=O) groups is 1. The number of nitrogens with one attached hydrogen (secondary N) is 1. The van der Waals surface area contributed by atoms with Crippen molar-refractivity contribution < 1.29 is 9.90 Å². The van der Waals surface area contributed by atoms with E-state index in [1.54, 1.807) is 48.5 Å². The van der Waals surface area contributed by atoms with E-state index < -0.39 is 17.7 Å². The molecule has 0 radical (unpaired) electrons. The highest BCUT2D eigenvalue weighted by Crippen LogP contribution is 2.23. The summed E-state index contributed by atoms with van der Waals surface area (Å²) in [7, 11) is 0. The number of benzene rings is 2. The van der Waals surface area contributed by atoms with Gasteiger partial charge in [-0.1, -0.05) is 41.9 Å². The summed E-state index contributed by atoms with van der Waals surface area (Å²) in [4.78, 5) is 26.5. The van der Waals surface area contributed by atoms with E-state index in [0.717, 1.165) is 0 Å². The smallest absolute Gasteiger partial charge is 0.331 e. The van der Waals surface area contributed by atoms with Crippen molar-refractivity contribution in [3.8, 4) is 0 Å². The zero-order valence-electron chi connectivity index (χ0n) is 10.8. The van der Waals surface area contributed by atoms with Crippen LogP contribution in [0.25, 0.3) is 11.0 Å². The third-order valence-corrected chi connectivity index (χ3v) is 3.52. The molecule has 3 aromatic rings. The summed E-state index contributed by atoms with van der Waals surface area (Å²) in [5.74, 6) is -1.10. The lowest BCUT2D eigenvalue weighted by Crippen LogP contribution is -2.28. The third kappa shape index (κ3) is 2.32. The summed E-state index contributed by atoms with van der Waals surface area (Å²) >= 11 is 5.89. The quantitative estimate of drug-likeness (QED) is 0.781. The largest absolute Gasteiger partial charge is 0.479 e. The number of halogens is 1. The number of aliphatic carboxylic acids is 1. The average molecular weight is 303 g/mol. The van der Waals surface area contributed by atoms with Crippen molar-refractivity contribution in [3.63, 3.8) is 0 Å². The zero-order chi connectivity index (χ0) is 15.0. The summed E-state index contributed by atoms with van der Waals surface area (Å²) in [6, 6.07) is 12.4. The molecule has 1 atom stereocenters. The standard InChI is InChI=1S/C15H11ClN2O3/c16-10-6-7-12-11(8-10)17-15(21)18(12)13(14(19)20)9-4-2-1-3-5-9/h1-8,13H,(H,17,21)(H,19,20). The number of hydrogen-bond acceptors (Lipinski definition) is 2. The summed E-state index contributed by atoms with van der Waals surface area (Å²) < 4.78 is 1.23. The van der Waals surface area contributed by atoms with Crippen LogP contribution in [0, 0.1) is 0 Å². The topological polar surface area (TPSA) is 75.1 Å². The van der Waals surface area contributed by atoms with Crippen LogP contribution in [0.1, 0.15) is 11.6 Å². The molecule has 0 fully saturated rings. The number of aromatic nitrogens is 2. The Morgan fingerprint density at radius 3 is 2.57 bits per heavy atom. The number of hydrogen-bond donors (Lipinski definition) is 2. The first kappa shape index (κ1) is 13.5. The first-order valence-corrected chi connectivity index (χ1v) is 6.63. The molecule has 0 saturated heterocycles. The molecule has 0 bridgehead atoms. The minimum Gasteiger partial charge on any atom is -0.479 e. The van der Waals surface area contributed by atoms with Crippen molar-refractivity contribution in [2.75, 3.05) is 0 Å². The number of aromatic amines is 1. The summed E-state index contributed by atoms with van der Waals surface area (Å²) in [5.41, 5.74) is 1.06. The number of carboxylic acids is 1. The molecule has 5 nitrogen and oxygen atoms in total. The predicted molar refractivity (Wildman–Crippen MR) is 79.8 cm³/mol. The molecule has 3 rings (SSSR count). The van der Waals surface area contributed by atoms with Gasteiger partial charge in [0, 0.05) is 5.02 Å². The molecule has 0 amide bonds. The molecule has 0 aliphatic rings. The minimum absolute atomic E-state index is 0.475. The van der Waals surface area contributed by atoms with Crippen LogP contribution < -0.4 is 5.69 Å². The van der Waals surface area contributed by atoms with E-state index in [1.807, 2.05) is 0 Å². The van der Waals surface area contributed by atoms with Crippen LogP contribution >= 0.6 is 11.6 Å². The molecular weight excluding hydrogens is 292 g/mol. The van der Waals surface area contributed by atoms with Crippen molar-refractivity contribution >= 4 is 28.6 Å². The SMILES string of the molecule is O=C(O)C(c1ccccc1)n1c(=O)[nH]c2cc(Cl)ccc21. The fourth-order valence-corrected chi connectivity index (χ4v) is 2.57. The third-order valence-electron chi connectivity index (χ3n) is 3.29. The zero-order valence-corrected chi connectivity index (χ0v) is 11.5. The maximum atomic E-state index is 12.2. The Morgan fingerprint density at radius 1 is 1.19 bits per heavy atom. The lowest BCUT2D eigenvalue weighted by atomic mass is 10.1. The van der Waals surface area contributed by atoms with E-state index in [0.29, 0.717) is 21.6 Å². The maximum absolute atomic E-state index is 12.2. The van der Waals surface area contributed by atoms with Crippen LogP contribution in [0.5, 0.6) is 0 Å². The van der Waals surface area contributed by atoms with Crippen molar-refractivity contribution in [3.05, 3.63) is 69.6 Å². The highest BCUT2D eigenvalue weighted by atomic mass is 35.5. The second-order valence-corrected chi connectivity index (χ2v) is 5.05. The number of imidazole rings is 1. The van der Waals surface area contributed by atoms with Crippen molar-refractivity contribution in [2.45, 2.75) is 6.04 Å². The van der Waals surface area contributed by atoms with E-state index in [4.69, 9.17) is 11.6 Å². The number of rotatable bonds is 3. The van der Waals surface area contributed by atoms with E-state index in [1.165, 1.54) is 4.57 Å². The Morgan fingerprint density at radius 2 is 1.90 bits per heavy atom. The Bertz CT molecular complexity index is 868. The maximum Gasteiger partial charge on any atom is 0.331 e. The molecule has 0 aliphatic carbocycles. The van der Waals surface area contributed by atoms with Gasteiger partial charge in [0.05, 0.1) is 11.0 Å². The molecule has 0 saturated carbocycles. The van der Waals surface area contributed by atoms with Crippen LogP contribution in [0.3, 0.4) is 0 Å². The monoisotopic (exact) mass is 302 g/mol. The van der Waals surface area contributed by atoms with Gasteiger partial charge in [0.15, 0.2) is 6.04 Å². The average Bonchev–Trinajstić information content (AvgIpc) is 2.76. The van der Waals surface area contributed by atoms with Gasteiger partial charge in [-0.2, -0.15) is 0 Å². The summed E-state index contributed by atoms with van der Waals surface area (Å²) in [6.07, 6.45) is 0. The van der Waals surface area contributed by atoms with Gasteiger partial charge in [-0.3, -0.25) is 4.57 Å². The second kappa shape index (κ2) is 5.10. The van der Waals surface area contributed by atoms with Crippen LogP contribution in [0.15, 0.2) is 53.3 Å². The van der Waals surface area contributed by atoms with Gasteiger partial charge < -0.3 is 10.1 Å². The number of carboxylic acid groups (broad SMARTS) is 1. The fraction of sp³-hybridized carbons (Fsp3) is 0.0667. The van der Waals surface area contributed by atoms with Crippen LogP contribution in [0.2, 0.25) is 5.02 Å². The molecule has 106 valence electrons. The first-order chi connectivity index (χ1) is 10.1. The Kier molecular flexibility index (Phi) is 3.27. The molecule has 21 heavy (non-hydrogen) atoms. The van der Waals surface area contributed by atoms with Gasteiger partial charge in [0.25, 0.3) is 0 Å². The second-order valence-electron chi connectivity index (χ2n) is 4.61. The summed E-state index contributed by atoms with van der Waals surface area (Å²) in [5, 5.41) is 10.0. The van der Waals surface area contributed by atoms with Gasteiger partial charge in [-0.05, 0) is 23.8 Å². The minimum atomic E-state index is -1.10. The molecule has 0 spiro atoms. The van der Waals surface area contributed by atoms with Crippen molar-refractivity contribution in [2.24, 2.45) is 0 Å². The van der Waals surface area contributed by atoms with Gasteiger partial charge in [-0.25, -0.2) is 9.59 Å². The molecular formula is C15H11ClN2O3. The predicted octanol–water partition coefficient (Wildman–Crippen LogP) is 2.66. The Hall–Kier alpha value is -2.53. The number of H-pyrrole nitrogens is 1. The van der Waals surface area contributed by atoms with Gasteiger partial charge in [-0.15, -0.1) is 0 Å². The fourth-order valence-electron chi connectivity index (χ4n) is 2.40. The van der Waals surface area contributed by atoms with Gasteiger partial charge in [0.2, 0.25) is 0 Å². The van der Waals surface area contributed by atoms with Gasteiger partial charge >= 0.3 is 11.7 Å².